The number of nitrogens with one attached hydrogen (secondary N) is 1. The lowest BCUT2D eigenvalue weighted by Crippen LogP contribution is -2.37. The monoisotopic (exact) mass is 434 g/mol. The summed E-state index contributed by atoms with van der Waals surface area (Å²) < 4.78 is 10.9. The standard InChI is InChI=1S/C22H32N2O5.C2H6/c1-5-20(18(3)16-25)22(27)24(4)11-13-29-15-14-28-12-10-21(26)23-19-8-6-17(2)7-9-19;1-2/h5-9,16,18,20H,1,10-15H2,2-4H3,(H,23,26);1-2H3. The summed E-state index contributed by atoms with van der Waals surface area (Å²) in [5, 5.41) is 2.81. The number of hydrogen-bond donors (Lipinski definition) is 1. The third kappa shape index (κ3) is 12.1. The fraction of sp³-hybridized carbons (Fsp3) is 0.542. The van der Waals surface area contributed by atoms with Crippen LogP contribution >= 0.6 is 0 Å². The Morgan fingerprint density at radius 1 is 1.10 bits per heavy atom. The molecule has 0 aliphatic carbocycles. The largest absolute Gasteiger partial charge is 0.379 e. The molecule has 2 unspecified atom stereocenters. The Morgan fingerprint density at radius 3 is 2.23 bits per heavy atom. The highest BCUT2D eigenvalue weighted by Crippen LogP contribution is 2.13. The molecule has 1 aromatic rings. The van der Waals surface area contributed by atoms with E-state index in [2.05, 4.69) is 11.9 Å². The van der Waals surface area contributed by atoms with Gasteiger partial charge in [-0.15, -0.1) is 6.58 Å². The fourth-order valence-corrected chi connectivity index (χ4v) is 2.54. The minimum absolute atomic E-state index is 0.101. The van der Waals surface area contributed by atoms with E-state index in [0.717, 1.165) is 17.5 Å². The molecule has 1 aromatic carbocycles. The van der Waals surface area contributed by atoms with Crippen LogP contribution in [0.15, 0.2) is 36.9 Å². The first-order chi connectivity index (χ1) is 14.9. The average Bonchev–Trinajstić information content (AvgIpc) is 2.78. The van der Waals surface area contributed by atoms with Crippen molar-refractivity contribution in [2.45, 2.75) is 34.1 Å². The molecule has 0 aromatic heterocycles. The van der Waals surface area contributed by atoms with Gasteiger partial charge in [-0.05, 0) is 19.1 Å². The summed E-state index contributed by atoms with van der Waals surface area (Å²) in [5.41, 5.74) is 1.90. The predicted octanol–water partition coefficient (Wildman–Crippen LogP) is 3.48. The van der Waals surface area contributed by atoms with Crippen molar-refractivity contribution >= 4 is 23.8 Å². The molecule has 1 N–H and O–H groups in total. The van der Waals surface area contributed by atoms with Crippen molar-refractivity contribution in [3.63, 3.8) is 0 Å². The van der Waals surface area contributed by atoms with Crippen molar-refractivity contribution < 1.29 is 23.9 Å². The Bertz CT molecular complexity index is 660. The minimum Gasteiger partial charge on any atom is -0.379 e. The van der Waals surface area contributed by atoms with E-state index >= 15 is 0 Å². The van der Waals surface area contributed by atoms with Gasteiger partial charge in [0.1, 0.15) is 6.29 Å². The Labute approximate surface area is 186 Å². The number of carbonyl (C=O) groups is 3. The molecule has 7 heteroatoms. The topological polar surface area (TPSA) is 84.9 Å². The van der Waals surface area contributed by atoms with Gasteiger partial charge in [0.05, 0.1) is 38.8 Å². The molecule has 1 rings (SSSR count). The molecule has 0 spiro atoms. The van der Waals surface area contributed by atoms with Gasteiger partial charge in [-0.1, -0.05) is 44.5 Å². The van der Waals surface area contributed by atoms with Crippen molar-refractivity contribution in [2.24, 2.45) is 11.8 Å². The number of ether oxygens (including phenoxy) is 2. The molecule has 7 nitrogen and oxygen atoms in total. The third-order valence-corrected chi connectivity index (χ3v) is 4.45. The molecule has 0 radical (unpaired) electrons. The first-order valence-electron chi connectivity index (χ1n) is 10.7. The molecule has 0 saturated carbocycles. The average molecular weight is 435 g/mol. The second-order valence-corrected chi connectivity index (χ2v) is 6.91. The number of likely N-dealkylation sites (N-methyl/N-ethyl adjacent to an activating group) is 1. The van der Waals surface area contributed by atoms with Gasteiger partial charge in [0.15, 0.2) is 0 Å². The Morgan fingerprint density at radius 2 is 1.68 bits per heavy atom. The van der Waals surface area contributed by atoms with Crippen molar-refractivity contribution in [3.05, 3.63) is 42.5 Å². The lowest BCUT2D eigenvalue weighted by molar-refractivity contribution is -0.136. The van der Waals surface area contributed by atoms with Crippen LogP contribution < -0.4 is 5.32 Å². The van der Waals surface area contributed by atoms with E-state index < -0.39 is 11.8 Å². The van der Waals surface area contributed by atoms with E-state index in [1.807, 2.05) is 45.0 Å². The van der Waals surface area contributed by atoms with Crippen LogP contribution in [-0.2, 0) is 23.9 Å². The summed E-state index contributed by atoms with van der Waals surface area (Å²) in [4.78, 5) is 36.5. The van der Waals surface area contributed by atoms with Crippen LogP contribution in [0.5, 0.6) is 0 Å². The second-order valence-electron chi connectivity index (χ2n) is 6.91. The summed E-state index contributed by atoms with van der Waals surface area (Å²) in [6, 6.07) is 7.60. The number of amides is 2. The van der Waals surface area contributed by atoms with Gasteiger partial charge in [0, 0.05) is 25.2 Å². The second kappa shape index (κ2) is 17.2. The van der Waals surface area contributed by atoms with Crippen LogP contribution in [0.1, 0.15) is 32.8 Å². The molecule has 0 saturated heterocycles. The first kappa shape index (κ1) is 28.5. The van der Waals surface area contributed by atoms with Crippen LogP contribution in [0.25, 0.3) is 0 Å². The van der Waals surface area contributed by atoms with Crippen LogP contribution in [0.3, 0.4) is 0 Å². The molecule has 0 aliphatic rings. The van der Waals surface area contributed by atoms with Gasteiger partial charge in [-0.25, -0.2) is 0 Å². The maximum Gasteiger partial charge on any atom is 0.230 e. The third-order valence-electron chi connectivity index (χ3n) is 4.45. The summed E-state index contributed by atoms with van der Waals surface area (Å²) in [6.07, 6.45) is 2.53. The number of aldehydes is 1. The maximum atomic E-state index is 12.3. The van der Waals surface area contributed by atoms with E-state index in [4.69, 9.17) is 9.47 Å². The lowest BCUT2D eigenvalue weighted by Gasteiger charge is -2.23. The molecule has 31 heavy (non-hydrogen) atoms. The van der Waals surface area contributed by atoms with Gasteiger partial charge in [0.2, 0.25) is 11.8 Å². The van der Waals surface area contributed by atoms with Crippen molar-refractivity contribution in [3.8, 4) is 0 Å². The van der Waals surface area contributed by atoms with Crippen LogP contribution in [0.4, 0.5) is 5.69 Å². The zero-order valence-corrected chi connectivity index (χ0v) is 19.6. The first-order valence-corrected chi connectivity index (χ1v) is 10.7. The molecular weight excluding hydrogens is 396 g/mol. The lowest BCUT2D eigenvalue weighted by atomic mass is 9.94. The van der Waals surface area contributed by atoms with Crippen molar-refractivity contribution in [2.75, 3.05) is 45.3 Å². The Kier molecular flexibility index (Phi) is 15.8. The van der Waals surface area contributed by atoms with E-state index in [1.54, 1.807) is 14.0 Å². The highest BCUT2D eigenvalue weighted by atomic mass is 16.5. The summed E-state index contributed by atoms with van der Waals surface area (Å²) in [7, 11) is 1.67. The van der Waals surface area contributed by atoms with Gasteiger partial charge >= 0.3 is 0 Å². The van der Waals surface area contributed by atoms with Gasteiger partial charge in [-0.2, -0.15) is 0 Å². The highest BCUT2D eigenvalue weighted by molar-refractivity contribution is 5.90. The van der Waals surface area contributed by atoms with Gasteiger partial charge in [0.25, 0.3) is 0 Å². The summed E-state index contributed by atoms with van der Waals surface area (Å²) in [5.74, 6) is -1.18. The minimum atomic E-state index is -0.521. The number of carbonyl (C=O) groups excluding carboxylic acids is 3. The van der Waals surface area contributed by atoms with Crippen LogP contribution in [-0.4, -0.2) is 63.0 Å². The highest BCUT2D eigenvalue weighted by Gasteiger charge is 2.24. The Hall–Kier alpha value is -2.51. The number of rotatable bonds is 14. The van der Waals surface area contributed by atoms with Gasteiger partial charge < -0.3 is 24.5 Å². The van der Waals surface area contributed by atoms with Crippen LogP contribution in [0, 0.1) is 18.8 Å². The quantitative estimate of drug-likeness (QED) is 0.275. The number of hydrogen-bond acceptors (Lipinski definition) is 5. The molecule has 2 atom stereocenters. The molecule has 0 heterocycles. The predicted molar refractivity (Wildman–Crippen MR) is 124 cm³/mol. The summed E-state index contributed by atoms with van der Waals surface area (Å²) >= 11 is 0. The Balaban J connectivity index is 0.00000436. The zero-order chi connectivity index (χ0) is 23.6. The SMILES string of the molecule is C=CC(C(=O)N(C)CCOCCOCCC(=O)Nc1ccc(C)cc1)C(C)C=O.CC. The van der Waals surface area contributed by atoms with E-state index in [9.17, 15) is 14.4 Å². The number of nitrogens with zero attached hydrogens (tertiary/aromatic N) is 1. The normalized spacial score (nSPS) is 12.0. The molecule has 0 aliphatic heterocycles. The molecule has 0 fully saturated rings. The molecule has 174 valence electrons. The van der Waals surface area contributed by atoms with E-state index in [0.29, 0.717) is 33.0 Å². The van der Waals surface area contributed by atoms with Crippen molar-refractivity contribution in [1.29, 1.82) is 0 Å². The maximum absolute atomic E-state index is 12.3. The van der Waals surface area contributed by atoms with Gasteiger partial charge in [-0.3, -0.25) is 9.59 Å². The number of benzene rings is 1. The number of anilines is 1. The fourth-order valence-electron chi connectivity index (χ4n) is 2.54. The van der Waals surface area contributed by atoms with Crippen LogP contribution in [0.2, 0.25) is 0 Å². The number of aryl methyl sites for hydroxylation is 1. The smallest absolute Gasteiger partial charge is 0.230 e. The molecule has 2 amide bonds. The summed E-state index contributed by atoms with van der Waals surface area (Å²) in [6.45, 7) is 13.1. The van der Waals surface area contributed by atoms with E-state index in [-0.39, 0.29) is 18.2 Å². The molecular formula is C24H38N2O5. The zero-order valence-electron chi connectivity index (χ0n) is 19.6. The van der Waals surface area contributed by atoms with Crippen molar-refractivity contribution in [1.82, 2.24) is 4.90 Å². The van der Waals surface area contributed by atoms with E-state index in [1.165, 1.54) is 11.0 Å². The molecule has 0 bridgehead atoms.